The molecule has 0 aliphatic heterocycles. The molecule has 0 unspecified atom stereocenters. The zero-order chi connectivity index (χ0) is 14.9. The van der Waals surface area contributed by atoms with Gasteiger partial charge in [-0.25, -0.2) is 13.2 Å². The van der Waals surface area contributed by atoms with Crippen molar-refractivity contribution in [3.05, 3.63) is 63.4 Å². The minimum absolute atomic E-state index is 0.134. The van der Waals surface area contributed by atoms with Crippen LogP contribution in [0.3, 0.4) is 0 Å². The van der Waals surface area contributed by atoms with Crippen molar-refractivity contribution in [1.29, 1.82) is 0 Å². The van der Waals surface area contributed by atoms with Crippen LogP contribution in [0.15, 0.2) is 30.3 Å². The number of anilines is 1. The number of rotatable bonds is 2. The molecular formula is C13H6Cl2F3NO. The van der Waals surface area contributed by atoms with Gasteiger partial charge < -0.3 is 5.32 Å². The van der Waals surface area contributed by atoms with Crippen LogP contribution in [0.25, 0.3) is 0 Å². The van der Waals surface area contributed by atoms with Crippen LogP contribution in [0.1, 0.15) is 10.4 Å². The van der Waals surface area contributed by atoms with E-state index in [0.717, 1.165) is 30.3 Å². The minimum atomic E-state index is -0.955. The second-order valence-electron chi connectivity index (χ2n) is 3.80. The standard InChI is InChI=1S/C13H6Cl2F3NO/c14-7-5-8(15)11(18)4-6(7)13(20)19-12-9(16)2-1-3-10(12)17/h1-5H,(H,19,20). The summed E-state index contributed by atoms with van der Waals surface area (Å²) >= 11 is 11.2. The molecule has 0 spiro atoms. The van der Waals surface area contributed by atoms with Crippen molar-refractivity contribution < 1.29 is 18.0 Å². The van der Waals surface area contributed by atoms with Crippen molar-refractivity contribution in [2.75, 3.05) is 5.32 Å². The topological polar surface area (TPSA) is 29.1 Å². The zero-order valence-corrected chi connectivity index (χ0v) is 11.2. The maximum atomic E-state index is 13.4. The summed E-state index contributed by atoms with van der Waals surface area (Å²) in [6.07, 6.45) is 0. The lowest BCUT2D eigenvalue weighted by atomic mass is 10.2. The van der Waals surface area contributed by atoms with Crippen LogP contribution in [0.5, 0.6) is 0 Å². The first-order valence-corrected chi connectivity index (χ1v) is 6.05. The maximum Gasteiger partial charge on any atom is 0.257 e. The highest BCUT2D eigenvalue weighted by atomic mass is 35.5. The Morgan fingerprint density at radius 2 is 1.55 bits per heavy atom. The Morgan fingerprint density at radius 1 is 0.950 bits per heavy atom. The number of carbonyl (C=O) groups excluding carboxylic acids is 1. The number of nitrogens with one attached hydrogen (secondary N) is 1. The van der Waals surface area contributed by atoms with E-state index in [4.69, 9.17) is 23.2 Å². The molecule has 0 heterocycles. The lowest BCUT2D eigenvalue weighted by Crippen LogP contribution is -2.15. The Morgan fingerprint density at radius 3 is 2.15 bits per heavy atom. The lowest BCUT2D eigenvalue weighted by Gasteiger charge is -2.09. The molecular weight excluding hydrogens is 314 g/mol. The van der Waals surface area contributed by atoms with Crippen molar-refractivity contribution >= 4 is 34.8 Å². The van der Waals surface area contributed by atoms with Crippen LogP contribution in [0.4, 0.5) is 18.9 Å². The van der Waals surface area contributed by atoms with Crippen LogP contribution in [0.2, 0.25) is 10.0 Å². The van der Waals surface area contributed by atoms with Crippen molar-refractivity contribution in [3.63, 3.8) is 0 Å². The van der Waals surface area contributed by atoms with Gasteiger partial charge in [-0.2, -0.15) is 0 Å². The number of halogens is 5. The van der Waals surface area contributed by atoms with Gasteiger partial charge in [-0.05, 0) is 24.3 Å². The van der Waals surface area contributed by atoms with Gasteiger partial charge in [-0.3, -0.25) is 4.79 Å². The Kier molecular flexibility index (Phi) is 4.20. The first kappa shape index (κ1) is 14.7. The fraction of sp³-hybridized carbons (Fsp3) is 0. The second kappa shape index (κ2) is 5.73. The van der Waals surface area contributed by atoms with Crippen molar-refractivity contribution in [3.8, 4) is 0 Å². The molecule has 20 heavy (non-hydrogen) atoms. The quantitative estimate of drug-likeness (QED) is 0.801. The summed E-state index contributed by atoms with van der Waals surface area (Å²) in [7, 11) is 0. The van der Waals surface area contributed by atoms with Gasteiger partial charge in [0.05, 0.1) is 15.6 Å². The fourth-order valence-electron chi connectivity index (χ4n) is 1.49. The highest BCUT2D eigenvalue weighted by Crippen LogP contribution is 2.26. The summed E-state index contributed by atoms with van der Waals surface area (Å²) in [6, 6.07) is 4.92. The van der Waals surface area contributed by atoms with Gasteiger partial charge in [0, 0.05) is 0 Å². The molecule has 104 valence electrons. The number of hydrogen-bond donors (Lipinski definition) is 1. The molecule has 2 rings (SSSR count). The Balaban J connectivity index is 2.36. The van der Waals surface area contributed by atoms with Gasteiger partial charge in [0.2, 0.25) is 0 Å². The third-order valence-corrected chi connectivity index (χ3v) is 3.06. The van der Waals surface area contributed by atoms with Crippen molar-refractivity contribution in [2.45, 2.75) is 0 Å². The van der Waals surface area contributed by atoms with Crippen LogP contribution < -0.4 is 5.32 Å². The minimum Gasteiger partial charge on any atom is -0.317 e. The highest BCUT2D eigenvalue weighted by molar-refractivity contribution is 6.37. The number of carbonyl (C=O) groups is 1. The normalized spacial score (nSPS) is 10.4. The predicted molar refractivity (Wildman–Crippen MR) is 70.7 cm³/mol. The molecule has 1 N–H and O–H groups in total. The Hall–Kier alpha value is -1.72. The van der Waals surface area contributed by atoms with E-state index in [0.29, 0.717) is 0 Å². The average molecular weight is 320 g/mol. The monoisotopic (exact) mass is 319 g/mol. The summed E-state index contributed by atoms with van der Waals surface area (Å²) in [4.78, 5) is 11.9. The van der Waals surface area contributed by atoms with Gasteiger partial charge in [-0.15, -0.1) is 0 Å². The van der Waals surface area contributed by atoms with E-state index in [1.165, 1.54) is 0 Å². The summed E-state index contributed by atoms with van der Waals surface area (Å²) < 4.78 is 40.1. The SMILES string of the molecule is O=C(Nc1c(F)cccc1F)c1cc(F)c(Cl)cc1Cl. The first-order valence-electron chi connectivity index (χ1n) is 5.30. The molecule has 0 aromatic heterocycles. The predicted octanol–water partition coefficient (Wildman–Crippen LogP) is 4.66. The van der Waals surface area contributed by atoms with Crippen molar-refractivity contribution in [1.82, 2.24) is 0 Å². The third kappa shape index (κ3) is 2.89. The summed E-state index contributed by atoms with van der Waals surface area (Å²) in [5.74, 6) is -3.72. The fourth-order valence-corrected chi connectivity index (χ4v) is 1.96. The van der Waals surface area contributed by atoms with Gasteiger partial charge in [0.25, 0.3) is 5.91 Å². The molecule has 0 atom stereocenters. The van der Waals surface area contributed by atoms with Gasteiger partial charge >= 0.3 is 0 Å². The van der Waals surface area contributed by atoms with E-state index < -0.39 is 29.0 Å². The highest BCUT2D eigenvalue weighted by Gasteiger charge is 2.17. The Labute approximate surface area is 122 Å². The number of benzene rings is 2. The molecule has 0 saturated heterocycles. The van der Waals surface area contributed by atoms with Gasteiger partial charge in [0.15, 0.2) is 0 Å². The van der Waals surface area contributed by atoms with E-state index in [1.54, 1.807) is 0 Å². The molecule has 1 amide bonds. The van der Waals surface area contributed by atoms with E-state index in [2.05, 4.69) is 0 Å². The number of para-hydroxylation sites is 1. The van der Waals surface area contributed by atoms with Gasteiger partial charge in [-0.1, -0.05) is 29.3 Å². The number of amides is 1. The molecule has 2 aromatic rings. The van der Waals surface area contributed by atoms with Crippen LogP contribution in [-0.2, 0) is 0 Å². The molecule has 0 aliphatic carbocycles. The summed E-state index contributed by atoms with van der Waals surface area (Å²) in [5, 5.41) is 1.60. The van der Waals surface area contributed by atoms with Crippen LogP contribution >= 0.6 is 23.2 Å². The van der Waals surface area contributed by atoms with Crippen LogP contribution in [-0.4, -0.2) is 5.91 Å². The van der Waals surface area contributed by atoms with Gasteiger partial charge in [0.1, 0.15) is 23.1 Å². The molecule has 2 nitrogen and oxygen atoms in total. The zero-order valence-electron chi connectivity index (χ0n) is 9.68. The van der Waals surface area contributed by atoms with E-state index >= 15 is 0 Å². The molecule has 0 fully saturated rings. The molecule has 0 aliphatic rings. The second-order valence-corrected chi connectivity index (χ2v) is 4.61. The van der Waals surface area contributed by atoms with E-state index in [1.807, 2.05) is 5.32 Å². The largest absolute Gasteiger partial charge is 0.317 e. The van der Waals surface area contributed by atoms with E-state index in [-0.39, 0.29) is 15.6 Å². The molecule has 0 bridgehead atoms. The van der Waals surface area contributed by atoms with Crippen molar-refractivity contribution in [2.24, 2.45) is 0 Å². The molecule has 2 aromatic carbocycles. The smallest absolute Gasteiger partial charge is 0.257 e. The summed E-state index contributed by atoms with van der Waals surface area (Å²) in [6.45, 7) is 0. The third-order valence-electron chi connectivity index (χ3n) is 2.46. The Bertz CT molecular complexity index is 671. The lowest BCUT2D eigenvalue weighted by molar-refractivity contribution is 0.102. The first-order chi connectivity index (χ1) is 9.40. The summed E-state index contributed by atoms with van der Waals surface area (Å²) in [5.41, 5.74) is -0.917. The maximum absolute atomic E-state index is 13.4. The number of hydrogen-bond acceptors (Lipinski definition) is 1. The molecule has 0 radical (unpaired) electrons. The van der Waals surface area contributed by atoms with Crippen LogP contribution in [0, 0.1) is 17.5 Å². The average Bonchev–Trinajstić information content (AvgIpc) is 2.38. The molecule has 0 saturated carbocycles. The van der Waals surface area contributed by atoms with E-state index in [9.17, 15) is 18.0 Å². The molecule has 7 heteroatoms.